The zero-order valence-electron chi connectivity index (χ0n) is 19.4. The molecule has 0 radical (unpaired) electrons. The van der Waals surface area contributed by atoms with Crippen molar-refractivity contribution in [1.29, 1.82) is 0 Å². The van der Waals surface area contributed by atoms with Crippen LogP contribution in [0.1, 0.15) is 35.2 Å². The smallest absolute Gasteiger partial charge is 0.416 e. The quantitative estimate of drug-likeness (QED) is 0.454. The predicted molar refractivity (Wildman–Crippen MR) is 129 cm³/mol. The van der Waals surface area contributed by atoms with Gasteiger partial charge >= 0.3 is 6.18 Å². The van der Waals surface area contributed by atoms with E-state index in [9.17, 15) is 18.0 Å². The molecule has 0 spiro atoms. The van der Waals surface area contributed by atoms with Crippen molar-refractivity contribution >= 4 is 23.2 Å². The Morgan fingerprint density at radius 1 is 1.20 bits per heavy atom. The first kappa shape index (κ1) is 25.1. The van der Waals surface area contributed by atoms with Crippen molar-refractivity contribution in [3.05, 3.63) is 64.8 Å². The van der Waals surface area contributed by atoms with Crippen LogP contribution in [-0.2, 0) is 13.2 Å². The standard InChI is InChI=1S/C25H26ClF3N4O2/c1-32-11-4-3-8-19(32)15-35-22-10-9-18(13-20(22)23-21(26)14-30-33(23)2)31-24(34)16-6-5-7-17(12-16)25(27,28)29/h5-7,9-10,12-14,19H,3-4,8,11,15H2,1-2H3,(H,31,34). The number of anilines is 1. The van der Waals surface area contributed by atoms with Crippen molar-refractivity contribution in [2.75, 3.05) is 25.5 Å². The van der Waals surface area contributed by atoms with E-state index in [-0.39, 0.29) is 5.56 Å². The SMILES string of the molecule is CN1CCCCC1COc1ccc(NC(=O)c2cccc(C(F)(F)F)c2)cc1-c1c(Cl)cnn1C. The van der Waals surface area contributed by atoms with E-state index in [0.717, 1.165) is 31.5 Å². The van der Waals surface area contributed by atoms with Crippen molar-refractivity contribution in [3.63, 3.8) is 0 Å². The number of hydrogen-bond donors (Lipinski definition) is 1. The molecule has 1 aromatic heterocycles. The number of aryl methyl sites for hydroxylation is 1. The molecule has 1 N–H and O–H groups in total. The van der Waals surface area contributed by atoms with Crippen LogP contribution in [0.15, 0.2) is 48.7 Å². The summed E-state index contributed by atoms with van der Waals surface area (Å²) in [7, 11) is 3.83. The molecule has 0 bridgehead atoms. The largest absolute Gasteiger partial charge is 0.491 e. The fourth-order valence-electron chi connectivity index (χ4n) is 4.21. The van der Waals surface area contributed by atoms with Crippen molar-refractivity contribution in [2.45, 2.75) is 31.5 Å². The second kappa shape index (κ2) is 10.3. The fourth-order valence-corrected chi connectivity index (χ4v) is 4.48. The number of hydrogen-bond acceptors (Lipinski definition) is 4. The van der Waals surface area contributed by atoms with E-state index < -0.39 is 17.6 Å². The van der Waals surface area contributed by atoms with Crippen molar-refractivity contribution in [2.24, 2.45) is 7.05 Å². The van der Waals surface area contributed by atoms with Gasteiger partial charge in [-0.2, -0.15) is 18.3 Å². The van der Waals surface area contributed by atoms with Crippen molar-refractivity contribution in [1.82, 2.24) is 14.7 Å². The molecule has 1 unspecified atom stereocenters. The van der Waals surface area contributed by atoms with E-state index >= 15 is 0 Å². The molecule has 1 amide bonds. The minimum absolute atomic E-state index is 0.0967. The van der Waals surface area contributed by atoms with Gasteiger partial charge in [-0.25, -0.2) is 0 Å². The molecule has 1 fully saturated rings. The van der Waals surface area contributed by atoms with Crippen LogP contribution >= 0.6 is 11.6 Å². The van der Waals surface area contributed by atoms with Gasteiger partial charge in [0.2, 0.25) is 0 Å². The van der Waals surface area contributed by atoms with E-state index in [1.165, 1.54) is 24.8 Å². The summed E-state index contributed by atoms with van der Waals surface area (Å²) in [6, 6.07) is 9.65. The number of benzene rings is 2. The number of nitrogens with one attached hydrogen (secondary N) is 1. The molecule has 4 rings (SSSR count). The lowest BCUT2D eigenvalue weighted by atomic mass is 10.0. The minimum Gasteiger partial charge on any atom is -0.491 e. The van der Waals surface area contributed by atoms with E-state index in [0.29, 0.717) is 40.4 Å². The van der Waals surface area contributed by atoms with Gasteiger partial charge in [0.1, 0.15) is 12.4 Å². The molecule has 0 aliphatic carbocycles. The van der Waals surface area contributed by atoms with Crippen LogP contribution < -0.4 is 10.1 Å². The molecule has 2 heterocycles. The van der Waals surface area contributed by atoms with Gasteiger partial charge in [0.05, 0.1) is 22.5 Å². The Kier molecular flexibility index (Phi) is 7.37. The summed E-state index contributed by atoms with van der Waals surface area (Å²) in [6.07, 6.45) is 0.348. The summed E-state index contributed by atoms with van der Waals surface area (Å²) in [6.45, 7) is 1.52. The fraction of sp³-hybridized carbons (Fsp3) is 0.360. The molecular formula is C25H26ClF3N4O2. The van der Waals surface area contributed by atoms with Crippen LogP contribution in [-0.4, -0.2) is 46.8 Å². The molecule has 1 saturated heterocycles. The summed E-state index contributed by atoms with van der Waals surface area (Å²) in [4.78, 5) is 15.0. The first-order valence-electron chi connectivity index (χ1n) is 11.3. The molecule has 0 saturated carbocycles. The Hall–Kier alpha value is -3.04. The molecule has 10 heteroatoms. The Morgan fingerprint density at radius 3 is 2.69 bits per heavy atom. The molecule has 6 nitrogen and oxygen atoms in total. The van der Waals surface area contributed by atoms with E-state index in [1.54, 1.807) is 29.9 Å². The normalized spacial score (nSPS) is 16.8. The van der Waals surface area contributed by atoms with Gasteiger partial charge in [-0.1, -0.05) is 24.1 Å². The molecule has 1 atom stereocenters. The Labute approximate surface area is 206 Å². The number of alkyl halides is 3. The van der Waals surface area contributed by atoms with Gasteiger partial charge in [-0.05, 0) is 62.8 Å². The minimum atomic E-state index is -4.54. The van der Waals surface area contributed by atoms with Crippen LogP contribution in [0.3, 0.4) is 0 Å². The lowest BCUT2D eigenvalue weighted by Crippen LogP contribution is -2.40. The number of piperidine rings is 1. The number of halogens is 4. The van der Waals surface area contributed by atoms with Gasteiger partial charge < -0.3 is 15.0 Å². The Bertz CT molecular complexity index is 1190. The second-order valence-corrected chi connectivity index (χ2v) is 9.06. The first-order chi connectivity index (χ1) is 16.6. The number of carbonyl (C=O) groups is 1. The third-order valence-electron chi connectivity index (χ3n) is 6.19. The van der Waals surface area contributed by atoms with Crippen molar-refractivity contribution in [3.8, 4) is 17.0 Å². The lowest BCUT2D eigenvalue weighted by molar-refractivity contribution is -0.137. The second-order valence-electron chi connectivity index (χ2n) is 8.65. The number of likely N-dealkylation sites (N-methyl/N-ethyl adjacent to an activating group) is 1. The maximum atomic E-state index is 13.1. The van der Waals surface area contributed by atoms with E-state index in [2.05, 4.69) is 22.4 Å². The van der Waals surface area contributed by atoms with Crippen LogP contribution in [0.4, 0.5) is 18.9 Å². The van der Waals surface area contributed by atoms with Gasteiger partial charge in [0.15, 0.2) is 0 Å². The molecule has 3 aromatic rings. The Balaban J connectivity index is 1.61. The summed E-state index contributed by atoms with van der Waals surface area (Å²) in [5.74, 6) is -0.0813. The summed E-state index contributed by atoms with van der Waals surface area (Å²) in [5, 5.41) is 7.28. The highest BCUT2D eigenvalue weighted by Crippen LogP contribution is 2.37. The first-order valence-corrected chi connectivity index (χ1v) is 11.6. The maximum absolute atomic E-state index is 13.1. The van der Waals surface area contributed by atoms with Crippen LogP contribution in [0.25, 0.3) is 11.3 Å². The number of carbonyl (C=O) groups excluding carboxylic acids is 1. The number of aromatic nitrogens is 2. The molecule has 1 aliphatic rings. The van der Waals surface area contributed by atoms with E-state index in [4.69, 9.17) is 16.3 Å². The summed E-state index contributed by atoms with van der Waals surface area (Å²) in [5.41, 5.74) is 0.635. The average Bonchev–Trinajstić information content (AvgIpc) is 3.16. The lowest BCUT2D eigenvalue weighted by Gasteiger charge is -2.32. The summed E-state index contributed by atoms with van der Waals surface area (Å²) >= 11 is 6.40. The van der Waals surface area contributed by atoms with E-state index in [1.807, 2.05) is 0 Å². The average molecular weight is 507 g/mol. The number of nitrogens with zero attached hydrogens (tertiary/aromatic N) is 3. The van der Waals surface area contributed by atoms with Crippen LogP contribution in [0.2, 0.25) is 5.02 Å². The monoisotopic (exact) mass is 506 g/mol. The molecular weight excluding hydrogens is 481 g/mol. The van der Waals surface area contributed by atoms with Gasteiger partial charge in [-0.3, -0.25) is 9.48 Å². The maximum Gasteiger partial charge on any atom is 0.416 e. The number of amides is 1. The van der Waals surface area contributed by atoms with Crippen LogP contribution in [0.5, 0.6) is 5.75 Å². The van der Waals surface area contributed by atoms with Gasteiger partial charge in [-0.15, -0.1) is 0 Å². The third-order valence-corrected chi connectivity index (χ3v) is 6.47. The highest BCUT2D eigenvalue weighted by molar-refractivity contribution is 6.33. The third kappa shape index (κ3) is 5.79. The van der Waals surface area contributed by atoms with Crippen molar-refractivity contribution < 1.29 is 22.7 Å². The number of ether oxygens (including phenoxy) is 1. The number of rotatable bonds is 6. The molecule has 1 aliphatic heterocycles. The molecule has 35 heavy (non-hydrogen) atoms. The molecule has 186 valence electrons. The molecule has 2 aromatic carbocycles. The van der Waals surface area contributed by atoms with Crippen LogP contribution in [0, 0.1) is 0 Å². The summed E-state index contributed by atoms with van der Waals surface area (Å²) < 4.78 is 47.0. The number of likely N-dealkylation sites (tertiary alicyclic amines) is 1. The topological polar surface area (TPSA) is 59.4 Å². The highest BCUT2D eigenvalue weighted by atomic mass is 35.5. The Morgan fingerprint density at radius 2 is 2.00 bits per heavy atom. The van der Waals surface area contributed by atoms with Gasteiger partial charge in [0.25, 0.3) is 5.91 Å². The zero-order valence-corrected chi connectivity index (χ0v) is 20.2. The zero-order chi connectivity index (χ0) is 25.2. The highest BCUT2D eigenvalue weighted by Gasteiger charge is 2.31. The predicted octanol–water partition coefficient (Wildman–Crippen LogP) is 5.87. The van der Waals surface area contributed by atoms with Gasteiger partial charge in [0, 0.05) is 29.9 Å².